The van der Waals surface area contributed by atoms with Gasteiger partial charge in [0.05, 0.1) is 11.3 Å². The minimum absolute atomic E-state index is 0.616. The van der Waals surface area contributed by atoms with Crippen LogP contribution in [0.5, 0.6) is 0 Å². The summed E-state index contributed by atoms with van der Waals surface area (Å²) >= 11 is 9.26. The Hall–Kier alpha value is -0.930. The fraction of sp³-hybridized carbons (Fsp3) is 0. The number of hydrogen-bond donors (Lipinski definition) is 1. The Balaban J connectivity index is 2.60. The molecular weight excluding hydrogens is 265 g/mol. The van der Waals surface area contributed by atoms with Crippen LogP contribution in [0.4, 0.5) is 5.69 Å². The summed E-state index contributed by atoms with van der Waals surface area (Å²) in [6, 6.07) is 7.20. The highest BCUT2D eigenvalue weighted by Gasteiger charge is 2.08. The first-order chi connectivity index (χ1) is 6.68. The van der Waals surface area contributed by atoms with E-state index in [0.29, 0.717) is 10.7 Å². The second-order valence-electron chi connectivity index (χ2n) is 2.83. The van der Waals surface area contributed by atoms with Crippen molar-refractivity contribution in [2.45, 2.75) is 0 Å². The highest BCUT2D eigenvalue weighted by Crippen LogP contribution is 2.34. The van der Waals surface area contributed by atoms with Crippen molar-refractivity contribution < 1.29 is 4.42 Å². The second kappa shape index (κ2) is 3.67. The van der Waals surface area contributed by atoms with Gasteiger partial charge in [0, 0.05) is 15.7 Å². The molecule has 4 heteroatoms. The molecule has 0 atom stereocenters. The van der Waals surface area contributed by atoms with Gasteiger partial charge in [0.25, 0.3) is 0 Å². The number of furan rings is 1. The van der Waals surface area contributed by atoms with E-state index in [1.807, 2.05) is 12.1 Å². The summed E-state index contributed by atoms with van der Waals surface area (Å²) in [4.78, 5) is 0. The topological polar surface area (TPSA) is 39.2 Å². The quantitative estimate of drug-likeness (QED) is 0.799. The lowest BCUT2D eigenvalue weighted by Gasteiger charge is -2.04. The summed E-state index contributed by atoms with van der Waals surface area (Å²) in [5.74, 6) is 0.719. The Morgan fingerprint density at radius 3 is 2.79 bits per heavy atom. The average Bonchev–Trinajstić information content (AvgIpc) is 2.64. The van der Waals surface area contributed by atoms with Gasteiger partial charge in [0.2, 0.25) is 0 Å². The van der Waals surface area contributed by atoms with Gasteiger partial charge in [-0.25, -0.2) is 0 Å². The number of nitrogens with two attached hydrogens (primary N) is 1. The molecule has 0 spiro atoms. The highest BCUT2D eigenvalue weighted by atomic mass is 79.9. The smallest absolute Gasteiger partial charge is 0.135 e. The van der Waals surface area contributed by atoms with Crippen LogP contribution in [0.3, 0.4) is 0 Å². The van der Waals surface area contributed by atoms with Crippen molar-refractivity contribution >= 4 is 33.2 Å². The van der Waals surface area contributed by atoms with E-state index >= 15 is 0 Å². The van der Waals surface area contributed by atoms with E-state index < -0.39 is 0 Å². The van der Waals surface area contributed by atoms with Crippen molar-refractivity contribution in [3.8, 4) is 11.3 Å². The first-order valence-corrected chi connectivity index (χ1v) is 5.14. The van der Waals surface area contributed by atoms with E-state index in [1.165, 1.54) is 0 Å². The number of rotatable bonds is 1. The summed E-state index contributed by atoms with van der Waals surface area (Å²) in [6.07, 6.45) is 1.60. The largest absolute Gasteiger partial charge is 0.464 e. The molecule has 14 heavy (non-hydrogen) atoms. The maximum Gasteiger partial charge on any atom is 0.135 e. The molecule has 2 N–H and O–H groups in total. The molecule has 1 aromatic carbocycles. The third-order valence-electron chi connectivity index (χ3n) is 1.88. The van der Waals surface area contributed by atoms with E-state index in [1.54, 1.807) is 18.4 Å². The molecule has 0 radical (unpaired) electrons. The van der Waals surface area contributed by atoms with Gasteiger partial charge in [0.1, 0.15) is 5.76 Å². The molecule has 2 rings (SSSR count). The van der Waals surface area contributed by atoms with Gasteiger partial charge in [-0.3, -0.25) is 0 Å². The van der Waals surface area contributed by atoms with Gasteiger partial charge in [-0.05, 0) is 40.2 Å². The monoisotopic (exact) mass is 271 g/mol. The van der Waals surface area contributed by atoms with Gasteiger partial charge in [-0.2, -0.15) is 0 Å². The standard InChI is InChI=1S/C10H7BrClNO/c11-7-5-9(13)6(4-8(7)12)10-2-1-3-14-10/h1-5H,13H2. The predicted octanol–water partition coefficient (Wildman–Crippen LogP) is 3.94. The fourth-order valence-corrected chi connectivity index (χ4v) is 1.73. The van der Waals surface area contributed by atoms with Gasteiger partial charge in [0.15, 0.2) is 0 Å². The van der Waals surface area contributed by atoms with Crippen molar-refractivity contribution in [3.63, 3.8) is 0 Å². The fourth-order valence-electron chi connectivity index (χ4n) is 1.21. The molecule has 1 heterocycles. The molecule has 0 aliphatic rings. The van der Waals surface area contributed by atoms with Crippen LogP contribution in [0, 0.1) is 0 Å². The molecule has 0 unspecified atom stereocenters. The zero-order valence-corrected chi connectivity index (χ0v) is 9.47. The minimum Gasteiger partial charge on any atom is -0.464 e. The Morgan fingerprint density at radius 2 is 2.14 bits per heavy atom. The normalized spacial score (nSPS) is 10.4. The van der Waals surface area contributed by atoms with Crippen molar-refractivity contribution in [2.24, 2.45) is 0 Å². The maximum atomic E-state index is 5.96. The zero-order valence-electron chi connectivity index (χ0n) is 7.13. The Bertz CT molecular complexity index is 453. The second-order valence-corrected chi connectivity index (χ2v) is 4.09. The molecule has 0 amide bonds. The molecule has 0 saturated heterocycles. The Labute approximate surface area is 94.8 Å². The summed E-state index contributed by atoms with van der Waals surface area (Å²) in [5.41, 5.74) is 7.28. The summed E-state index contributed by atoms with van der Waals surface area (Å²) in [7, 11) is 0. The third kappa shape index (κ3) is 1.65. The molecule has 0 aliphatic heterocycles. The van der Waals surface area contributed by atoms with E-state index in [0.717, 1.165) is 15.8 Å². The number of benzene rings is 1. The van der Waals surface area contributed by atoms with Crippen LogP contribution < -0.4 is 5.73 Å². The Morgan fingerprint density at radius 1 is 1.36 bits per heavy atom. The molecule has 1 aromatic heterocycles. The highest BCUT2D eigenvalue weighted by molar-refractivity contribution is 9.10. The third-order valence-corrected chi connectivity index (χ3v) is 3.08. The molecular formula is C10H7BrClNO. The van der Waals surface area contributed by atoms with Crippen LogP contribution in [0.25, 0.3) is 11.3 Å². The number of anilines is 1. The van der Waals surface area contributed by atoms with Crippen LogP contribution in [-0.4, -0.2) is 0 Å². The maximum absolute atomic E-state index is 5.96. The van der Waals surface area contributed by atoms with Crippen molar-refractivity contribution in [1.29, 1.82) is 0 Å². The minimum atomic E-state index is 0.616. The van der Waals surface area contributed by atoms with Crippen LogP contribution in [0.1, 0.15) is 0 Å². The molecule has 72 valence electrons. The molecule has 0 aliphatic carbocycles. The van der Waals surface area contributed by atoms with Crippen molar-refractivity contribution in [3.05, 3.63) is 40.0 Å². The van der Waals surface area contributed by atoms with E-state index in [-0.39, 0.29) is 0 Å². The molecule has 0 saturated carbocycles. The first kappa shape index (κ1) is 9.62. The number of nitrogen functional groups attached to an aromatic ring is 1. The molecule has 2 aromatic rings. The van der Waals surface area contributed by atoms with Crippen LogP contribution in [-0.2, 0) is 0 Å². The molecule has 2 nitrogen and oxygen atoms in total. The van der Waals surface area contributed by atoms with Crippen LogP contribution >= 0.6 is 27.5 Å². The lowest BCUT2D eigenvalue weighted by atomic mass is 10.1. The van der Waals surface area contributed by atoms with Crippen LogP contribution in [0.2, 0.25) is 5.02 Å². The van der Waals surface area contributed by atoms with Gasteiger partial charge >= 0.3 is 0 Å². The van der Waals surface area contributed by atoms with Crippen molar-refractivity contribution in [2.75, 3.05) is 5.73 Å². The Kier molecular flexibility index (Phi) is 2.52. The lowest BCUT2D eigenvalue weighted by Crippen LogP contribution is -1.89. The van der Waals surface area contributed by atoms with E-state index in [9.17, 15) is 0 Å². The van der Waals surface area contributed by atoms with Gasteiger partial charge in [-0.15, -0.1) is 0 Å². The van der Waals surface area contributed by atoms with Gasteiger partial charge in [-0.1, -0.05) is 11.6 Å². The summed E-state index contributed by atoms with van der Waals surface area (Å²) in [5, 5.41) is 0.616. The molecule has 0 bridgehead atoms. The first-order valence-electron chi connectivity index (χ1n) is 3.97. The molecule has 0 fully saturated rings. The average molecular weight is 273 g/mol. The zero-order chi connectivity index (χ0) is 10.1. The van der Waals surface area contributed by atoms with E-state index in [2.05, 4.69) is 15.9 Å². The lowest BCUT2D eigenvalue weighted by molar-refractivity contribution is 0.582. The summed E-state index contributed by atoms with van der Waals surface area (Å²) < 4.78 is 6.03. The van der Waals surface area contributed by atoms with E-state index in [4.69, 9.17) is 21.8 Å². The predicted molar refractivity (Wildman–Crippen MR) is 61.3 cm³/mol. The summed E-state index contributed by atoms with van der Waals surface area (Å²) in [6.45, 7) is 0. The van der Waals surface area contributed by atoms with Crippen LogP contribution in [0.15, 0.2) is 39.4 Å². The van der Waals surface area contributed by atoms with Crippen molar-refractivity contribution in [1.82, 2.24) is 0 Å². The van der Waals surface area contributed by atoms with Gasteiger partial charge < -0.3 is 10.2 Å². The number of hydrogen-bond acceptors (Lipinski definition) is 2. The SMILES string of the molecule is Nc1cc(Br)c(Cl)cc1-c1ccco1. The number of halogens is 2.